The van der Waals surface area contributed by atoms with Crippen LogP contribution < -0.4 is 5.32 Å². The lowest BCUT2D eigenvalue weighted by atomic mass is 9.83. The molecule has 2 amide bonds. The summed E-state index contributed by atoms with van der Waals surface area (Å²) in [6, 6.07) is -0.0302. The number of amides is 2. The van der Waals surface area contributed by atoms with Gasteiger partial charge >= 0.3 is 6.03 Å². The molecule has 0 bridgehead atoms. The van der Waals surface area contributed by atoms with Crippen LogP contribution in [0.4, 0.5) is 9.93 Å². The lowest BCUT2D eigenvalue weighted by Gasteiger charge is -2.30. The third-order valence-corrected chi connectivity index (χ3v) is 5.72. The van der Waals surface area contributed by atoms with Crippen LogP contribution in [0.5, 0.6) is 0 Å². The Morgan fingerprint density at radius 3 is 2.74 bits per heavy atom. The fourth-order valence-corrected chi connectivity index (χ4v) is 4.04. The van der Waals surface area contributed by atoms with Gasteiger partial charge in [0, 0.05) is 42.7 Å². The molecule has 4 rings (SSSR count). The maximum absolute atomic E-state index is 12.4. The molecule has 1 saturated carbocycles. The first kappa shape index (κ1) is 14.7. The van der Waals surface area contributed by atoms with Gasteiger partial charge in [-0.3, -0.25) is 5.32 Å². The number of anilines is 1. The number of hydrogen-bond acceptors (Lipinski definition) is 4. The van der Waals surface area contributed by atoms with Crippen LogP contribution in [-0.4, -0.2) is 39.0 Å². The molecule has 6 nitrogen and oxygen atoms in total. The molecule has 2 N–H and O–H groups in total. The monoisotopic (exact) mass is 331 g/mol. The van der Waals surface area contributed by atoms with Gasteiger partial charge in [-0.1, -0.05) is 6.42 Å². The molecule has 0 unspecified atom stereocenters. The topological polar surface area (TPSA) is 73.9 Å². The van der Waals surface area contributed by atoms with Crippen LogP contribution in [0, 0.1) is 0 Å². The van der Waals surface area contributed by atoms with Crippen LogP contribution >= 0.6 is 11.3 Å². The van der Waals surface area contributed by atoms with Crippen molar-refractivity contribution in [1.29, 1.82) is 0 Å². The summed E-state index contributed by atoms with van der Waals surface area (Å²) >= 11 is 1.53. The zero-order valence-electron chi connectivity index (χ0n) is 13.0. The summed E-state index contributed by atoms with van der Waals surface area (Å²) in [6.07, 6.45) is 9.31. The summed E-state index contributed by atoms with van der Waals surface area (Å²) in [5.41, 5.74) is 1.15. The molecule has 1 aliphatic carbocycles. The van der Waals surface area contributed by atoms with Crippen molar-refractivity contribution in [3.05, 3.63) is 29.3 Å². The van der Waals surface area contributed by atoms with Gasteiger partial charge in [-0.25, -0.2) is 14.8 Å². The van der Waals surface area contributed by atoms with Crippen LogP contribution in [0.25, 0.3) is 0 Å². The first-order valence-electron chi connectivity index (χ1n) is 8.30. The second kappa shape index (κ2) is 6.31. The summed E-state index contributed by atoms with van der Waals surface area (Å²) in [7, 11) is 0. The molecule has 0 aromatic carbocycles. The Kier molecular flexibility index (Phi) is 4.03. The van der Waals surface area contributed by atoms with Gasteiger partial charge in [0.25, 0.3) is 0 Å². The number of rotatable bonds is 3. The van der Waals surface area contributed by atoms with Crippen molar-refractivity contribution < 1.29 is 4.79 Å². The normalized spacial score (nSPS) is 19.6. The Bertz CT molecular complexity index is 656. The van der Waals surface area contributed by atoms with Crippen molar-refractivity contribution in [3.63, 3.8) is 0 Å². The predicted molar refractivity (Wildman–Crippen MR) is 89.9 cm³/mol. The number of likely N-dealkylation sites (tertiary alicyclic amines) is 1. The van der Waals surface area contributed by atoms with Gasteiger partial charge in [0.1, 0.15) is 5.82 Å². The molecule has 2 fully saturated rings. The van der Waals surface area contributed by atoms with Crippen molar-refractivity contribution in [1.82, 2.24) is 19.9 Å². The van der Waals surface area contributed by atoms with E-state index >= 15 is 0 Å². The van der Waals surface area contributed by atoms with Crippen LogP contribution in [-0.2, 0) is 0 Å². The molecule has 7 heteroatoms. The first-order valence-corrected chi connectivity index (χ1v) is 9.18. The van der Waals surface area contributed by atoms with Gasteiger partial charge in [0.05, 0.1) is 5.69 Å². The Labute approximate surface area is 139 Å². The molecular weight excluding hydrogens is 310 g/mol. The number of aromatic amines is 1. The van der Waals surface area contributed by atoms with E-state index < -0.39 is 0 Å². The molecule has 2 aromatic rings. The second-order valence-electron chi connectivity index (χ2n) is 6.37. The number of carbonyl (C=O) groups is 1. The van der Waals surface area contributed by atoms with Gasteiger partial charge in [-0.05, 0) is 25.7 Å². The number of carbonyl (C=O) groups excluding carboxylic acids is 1. The molecule has 3 heterocycles. The fourth-order valence-electron chi connectivity index (χ4n) is 3.26. The van der Waals surface area contributed by atoms with Crippen LogP contribution in [0.2, 0.25) is 0 Å². The summed E-state index contributed by atoms with van der Waals surface area (Å²) in [5, 5.41) is 5.77. The first-order chi connectivity index (χ1) is 11.3. The highest BCUT2D eigenvalue weighted by Gasteiger charge is 2.26. The van der Waals surface area contributed by atoms with Crippen molar-refractivity contribution >= 4 is 22.5 Å². The van der Waals surface area contributed by atoms with Crippen molar-refractivity contribution in [3.8, 4) is 0 Å². The Hall–Kier alpha value is -1.89. The maximum atomic E-state index is 12.4. The number of thiazole rings is 1. The second-order valence-corrected chi connectivity index (χ2v) is 7.23. The van der Waals surface area contributed by atoms with Gasteiger partial charge in [-0.15, -0.1) is 11.3 Å². The number of aromatic nitrogens is 3. The number of hydrogen-bond donors (Lipinski definition) is 2. The van der Waals surface area contributed by atoms with Crippen LogP contribution in [0.1, 0.15) is 55.5 Å². The summed E-state index contributed by atoms with van der Waals surface area (Å²) in [6.45, 7) is 1.52. The molecule has 0 spiro atoms. The van der Waals surface area contributed by atoms with Crippen LogP contribution in [0.3, 0.4) is 0 Å². The Balaban J connectivity index is 1.30. The molecule has 23 heavy (non-hydrogen) atoms. The Morgan fingerprint density at radius 1 is 1.26 bits per heavy atom. The molecule has 1 aliphatic heterocycles. The molecular formula is C16H21N5OS. The summed E-state index contributed by atoms with van der Waals surface area (Å²) < 4.78 is 0. The quantitative estimate of drug-likeness (QED) is 0.903. The minimum Gasteiger partial charge on any atom is -0.348 e. The molecule has 122 valence electrons. The molecule has 0 radical (unpaired) electrons. The average molecular weight is 331 g/mol. The average Bonchev–Trinajstić information content (AvgIpc) is 3.18. The van der Waals surface area contributed by atoms with E-state index in [4.69, 9.17) is 0 Å². The smallest absolute Gasteiger partial charge is 0.323 e. The highest BCUT2D eigenvalue weighted by molar-refractivity contribution is 7.13. The van der Waals surface area contributed by atoms with E-state index in [-0.39, 0.29) is 6.03 Å². The van der Waals surface area contributed by atoms with E-state index in [1.54, 1.807) is 6.20 Å². The number of H-pyrrole nitrogens is 1. The van der Waals surface area contributed by atoms with Gasteiger partial charge < -0.3 is 9.88 Å². The summed E-state index contributed by atoms with van der Waals surface area (Å²) in [5.74, 6) is 2.08. The summed E-state index contributed by atoms with van der Waals surface area (Å²) in [4.78, 5) is 26.3. The molecule has 1 saturated heterocycles. The van der Waals surface area contributed by atoms with E-state index in [2.05, 4.69) is 25.6 Å². The molecule has 0 atom stereocenters. The molecule has 2 aromatic heterocycles. The minimum atomic E-state index is -0.0302. The van der Waals surface area contributed by atoms with Crippen molar-refractivity contribution in [2.24, 2.45) is 0 Å². The van der Waals surface area contributed by atoms with Crippen LogP contribution in [0.15, 0.2) is 17.8 Å². The highest BCUT2D eigenvalue weighted by atomic mass is 32.1. The number of nitrogens with one attached hydrogen (secondary N) is 2. The number of imidazole rings is 1. The SMILES string of the molecule is O=C(Nc1nc(C2CCC2)cs1)N1CCC(c2ncc[nH]2)CC1. The van der Waals surface area contributed by atoms with E-state index in [0.29, 0.717) is 11.8 Å². The standard InChI is InChI=1S/C16H21N5OS/c22-16(20-15-19-13(10-23-15)11-2-1-3-11)21-8-4-12(5-9-21)14-17-6-7-18-14/h6-7,10-12H,1-5,8-9H2,(H,17,18)(H,19,20,22). The fraction of sp³-hybridized carbons (Fsp3) is 0.562. The van der Waals surface area contributed by atoms with Crippen molar-refractivity contribution in [2.45, 2.75) is 43.9 Å². The third-order valence-electron chi connectivity index (χ3n) is 4.95. The van der Waals surface area contributed by atoms with Gasteiger partial charge in [0.15, 0.2) is 5.13 Å². The maximum Gasteiger partial charge on any atom is 0.323 e. The minimum absolute atomic E-state index is 0.0302. The van der Waals surface area contributed by atoms with E-state index in [1.165, 1.54) is 30.6 Å². The lowest BCUT2D eigenvalue weighted by molar-refractivity contribution is 0.193. The zero-order chi connectivity index (χ0) is 15.6. The Morgan fingerprint density at radius 2 is 2.09 bits per heavy atom. The van der Waals surface area contributed by atoms with E-state index in [9.17, 15) is 4.79 Å². The van der Waals surface area contributed by atoms with Gasteiger partial charge in [0.2, 0.25) is 0 Å². The lowest BCUT2D eigenvalue weighted by Crippen LogP contribution is -2.40. The van der Waals surface area contributed by atoms with E-state index in [1.807, 2.05) is 11.1 Å². The van der Waals surface area contributed by atoms with Crippen molar-refractivity contribution in [2.75, 3.05) is 18.4 Å². The predicted octanol–water partition coefficient (Wildman–Crippen LogP) is 3.55. The number of nitrogens with zero attached hydrogens (tertiary/aromatic N) is 3. The number of urea groups is 1. The number of piperidine rings is 1. The highest BCUT2D eigenvalue weighted by Crippen LogP contribution is 2.37. The van der Waals surface area contributed by atoms with E-state index in [0.717, 1.165) is 42.6 Å². The van der Waals surface area contributed by atoms with Gasteiger partial charge in [-0.2, -0.15) is 0 Å². The molecule has 2 aliphatic rings. The third kappa shape index (κ3) is 3.10. The zero-order valence-corrected chi connectivity index (χ0v) is 13.8. The largest absolute Gasteiger partial charge is 0.348 e.